The Morgan fingerprint density at radius 2 is 2.12 bits per heavy atom. The molecular weight excluding hydrogens is 344 g/mol. The van der Waals surface area contributed by atoms with E-state index in [2.05, 4.69) is 10.6 Å². The van der Waals surface area contributed by atoms with E-state index in [1.165, 1.54) is 6.26 Å². The van der Waals surface area contributed by atoms with Gasteiger partial charge < -0.3 is 19.8 Å². The lowest BCUT2D eigenvalue weighted by Crippen LogP contribution is -2.25. The number of anilines is 1. The van der Waals surface area contributed by atoms with Crippen LogP contribution in [0.4, 0.5) is 5.69 Å². The van der Waals surface area contributed by atoms with Crippen molar-refractivity contribution in [2.45, 2.75) is 26.2 Å². The molecule has 1 aromatic carbocycles. The molecule has 0 spiro atoms. The van der Waals surface area contributed by atoms with Crippen LogP contribution in [0.3, 0.4) is 0 Å². The quantitative estimate of drug-likeness (QED) is 0.662. The minimum absolute atomic E-state index is 0.148. The van der Waals surface area contributed by atoms with Crippen molar-refractivity contribution in [1.82, 2.24) is 5.32 Å². The molecule has 0 unspecified atom stereocenters. The molecule has 0 atom stereocenters. The second-order valence-electron chi connectivity index (χ2n) is 5.38. The van der Waals surface area contributed by atoms with E-state index in [0.29, 0.717) is 36.0 Å². The standard InChI is InChI=1S/C18H21ClN2O4/c1-2-10-24-15-8-7-13(12-14(15)19)21-17(22)6-3-9-20-18(23)16-5-4-11-25-16/h4-5,7-8,11-12H,2-3,6,9-10H2,1H3,(H,20,23)(H,21,22). The van der Waals surface area contributed by atoms with Crippen LogP contribution in [0.2, 0.25) is 5.02 Å². The number of nitrogens with one attached hydrogen (secondary N) is 2. The summed E-state index contributed by atoms with van der Waals surface area (Å²) >= 11 is 6.13. The van der Waals surface area contributed by atoms with E-state index >= 15 is 0 Å². The van der Waals surface area contributed by atoms with Crippen molar-refractivity contribution in [3.8, 4) is 5.75 Å². The Morgan fingerprint density at radius 3 is 2.80 bits per heavy atom. The van der Waals surface area contributed by atoms with Crippen LogP contribution in [-0.2, 0) is 4.79 Å². The molecule has 6 nitrogen and oxygen atoms in total. The molecule has 2 rings (SSSR count). The highest BCUT2D eigenvalue weighted by Crippen LogP contribution is 2.27. The SMILES string of the molecule is CCCOc1ccc(NC(=O)CCCNC(=O)c2ccco2)cc1Cl. The lowest BCUT2D eigenvalue weighted by molar-refractivity contribution is -0.116. The fourth-order valence-electron chi connectivity index (χ4n) is 2.08. The van der Waals surface area contributed by atoms with Gasteiger partial charge in [0.05, 0.1) is 17.9 Å². The third-order valence-electron chi connectivity index (χ3n) is 3.29. The van der Waals surface area contributed by atoms with Gasteiger partial charge >= 0.3 is 0 Å². The van der Waals surface area contributed by atoms with Crippen molar-refractivity contribution in [3.63, 3.8) is 0 Å². The Hall–Kier alpha value is -2.47. The van der Waals surface area contributed by atoms with Crippen molar-refractivity contribution in [3.05, 3.63) is 47.4 Å². The smallest absolute Gasteiger partial charge is 0.286 e. The summed E-state index contributed by atoms with van der Waals surface area (Å²) < 4.78 is 10.5. The van der Waals surface area contributed by atoms with Crippen LogP contribution in [0.25, 0.3) is 0 Å². The number of hydrogen-bond acceptors (Lipinski definition) is 4. The number of amides is 2. The Balaban J connectivity index is 1.71. The molecule has 0 aliphatic rings. The number of carbonyl (C=O) groups excluding carboxylic acids is 2. The van der Waals surface area contributed by atoms with Crippen LogP contribution < -0.4 is 15.4 Å². The average molecular weight is 365 g/mol. The zero-order valence-corrected chi connectivity index (χ0v) is 14.8. The van der Waals surface area contributed by atoms with Crippen molar-refractivity contribution >= 4 is 29.1 Å². The van der Waals surface area contributed by atoms with E-state index in [4.69, 9.17) is 20.8 Å². The van der Waals surface area contributed by atoms with Gasteiger partial charge in [-0.05, 0) is 43.2 Å². The predicted molar refractivity (Wildman–Crippen MR) is 96.1 cm³/mol. The molecule has 0 radical (unpaired) electrons. The van der Waals surface area contributed by atoms with Gasteiger partial charge in [0.25, 0.3) is 5.91 Å². The molecule has 2 amide bonds. The van der Waals surface area contributed by atoms with E-state index in [1.54, 1.807) is 30.3 Å². The maximum absolute atomic E-state index is 11.9. The zero-order chi connectivity index (χ0) is 18.1. The van der Waals surface area contributed by atoms with Gasteiger partial charge in [-0.15, -0.1) is 0 Å². The number of ether oxygens (including phenoxy) is 1. The number of hydrogen-bond donors (Lipinski definition) is 2. The molecule has 0 aliphatic carbocycles. The van der Waals surface area contributed by atoms with Crippen molar-refractivity contribution in [2.75, 3.05) is 18.5 Å². The Labute approximate surface area is 151 Å². The Kier molecular flexibility index (Phi) is 7.35. The van der Waals surface area contributed by atoms with E-state index in [9.17, 15) is 9.59 Å². The lowest BCUT2D eigenvalue weighted by Gasteiger charge is -2.10. The molecule has 0 bridgehead atoms. The van der Waals surface area contributed by atoms with E-state index in [-0.39, 0.29) is 24.0 Å². The molecular formula is C18H21ClN2O4. The molecule has 1 aromatic heterocycles. The summed E-state index contributed by atoms with van der Waals surface area (Å²) in [4.78, 5) is 23.6. The molecule has 0 aliphatic heterocycles. The predicted octanol–water partition coefficient (Wildman–Crippen LogP) is 3.87. The highest BCUT2D eigenvalue weighted by atomic mass is 35.5. The molecule has 25 heavy (non-hydrogen) atoms. The van der Waals surface area contributed by atoms with Gasteiger partial charge in [-0.25, -0.2) is 0 Å². The third-order valence-corrected chi connectivity index (χ3v) is 3.58. The molecule has 0 fully saturated rings. The number of rotatable bonds is 9. The van der Waals surface area contributed by atoms with Gasteiger partial charge in [-0.3, -0.25) is 9.59 Å². The Morgan fingerprint density at radius 1 is 1.28 bits per heavy atom. The lowest BCUT2D eigenvalue weighted by atomic mass is 10.2. The monoisotopic (exact) mass is 364 g/mol. The first-order valence-corrected chi connectivity index (χ1v) is 8.52. The van der Waals surface area contributed by atoms with Crippen molar-refractivity contribution in [1.29, 1.82) is 0 Å². The maximum atomic E-state index is 11.9. The molecule has 2 N–H and O–H groups in total. The molecule has 7 heteroatoms. The second kappa shape index (κ2) is 9.74. The van der Waals surface area contributed by atoms with Crippen LogP contribution >= 0.6 is 11.6 Å². The third kappa shape index (κ3) is 6.15. The zero-order valence-electron chi connectivity index (χ0n) is 14.0. The summed E-state index contributed by atoms with van der Waals surface area (Å²) in [5.41, 5.74) is 0.610. The summed E-state index contributed by atoms with van der Waals surface area (Å²) in [5.74, 6) is 0.414. The topological polar surface area (TPSA) is 80.6 Å². The minimum atomic E-state index is -0.292. The van der Waals surface area contributed by atoms with E-state index in [1.807, 2.05) is 6.92 Å². The maximum Gasteiger partial charge on any atom is 0.286 e. The highest BCUT2D eigenvalue weighted by Gasteiger charge is 2.09. The summed E-state index contributed by atoms with van der Waals surface area (Å²) in [6.45, 7) is 2.99. The molecule has 2 aromatic rings. The van der Waals surface area contributed by atoms with Crippen molar-refractivity contribution in [2.24, 2.45) is 0 Å². The highest BCUT2D eigenvalue weighted by molar-refractivity contribution is 6.32. The van der Waals surface area contributed by atoms with Gasteiger partial charge in [0.2, 0.25) is 5.91 Å². The van der Waals surface area contributed by atoms with Crippen molar-refractivity contribution < 1.29 is 18.7 Å². The van der Waals surface area contributed by atoms with E-state index in [0.717, 1.165) is 6.42 Å². The average Bonchev–Trinajstić information content (AvgIpc) is 3.12. The normalized spacial score (nSPS) is 10.3. The second-order valence-corrected chi connectivity index (χ2v) is 5.79. The fourth-order valence-corrected chi connectivity index (χ4v) is 2.31. The van der Waals surface area contributed by atoms with E-state index < -0.39 is 0 Å². The minimum Gasteiger partial charge on any atom is -0.492 e. The van der Waals surface area contributed by atoms with Gasteiger partial charge in [0, 0.05) is 18.7 Å². The summed E-state index contributed by atoms with van der Waals surface area (Å²) in [5, 5.41) is 5.92. The Bertz CT molecular complexity index is 701. The summed E-state index contributed by atoms with van der Waals surface area (Å²) in [6.07, 6.45) is 3.13. The van der Waals surface area contributed by atoms with Crippen LogP contribution in [0, 0.1) is 0 Å². The summed E-state index contributed by atoms with van der Waals surface area (Å²) in [6, 6.07) is 8.36. The molecule has 0 saturated heterocycles. The summed E-state index contributed by atoms with van der Waals surface area (Å²) in [7, 11) is 0. The van der Waals surface area contributed by atoms with Gasteiger partial charge in [-0.2, -0.15) is 0 Å². The number of furan rings is 1. The number of halogens is 1. The van der Waals surface area contributed by atoms with Crippen LogP contribution in [0.5, 0.6) is 5.75 Å². The molecule has 1 heterocycles. The van der Waals surface area contributed by atoms with Crippen LogP contribution in [0.1, 0.15) is 36.7 Å². The first kappa shape index (κ1) is 18.9. The van der Waals surface area contributed by atoms with Gasteiger partial charge in [-0.1, -0.05) is 18.5 Å². The molecule has 0 saturated carbocycles. The first-order valence-electron chi connectivity index (χ1n) is 8.14. The fraction of sp³-hybridized carbons (Fsp3) is 0.333. The van der Waals surface area contributed by atoms with Gasteiger partial charge in [0.15, 0.2) is 5.76 Å². The van der Waals surface area contributed by atoms with Crippen LogP contribution in [-0.4, -0.2) is 25.0 Å². The first-order chi connectivity index (χ1) is 12.1. The molecule has 134 valence electrons. The largest absolute Gasteiger partial charge is 0.492 e. The van der Waals surface area contributed by atoms with Gasteiger partial charge in [0.1, 0.15) is 5.75 Å². The number of carbonyl (C=O) groups is 2. The van der Waals surface area contributed by atoms with Crippen LogP contribution in [0.15, 0.2) is 41.0 Å². The number of benzene rings is 1.